The minimum atomic E-state index is -4.64. The van der Waals surface area contributed by atoms with Gasteiger partial charge in [-0.2, -0.15) is 13.2 Å². The van der Waals surface area contributed by atoms with E-state index >= 15 is 0 Å². The van der Waals surface area contributed by atoms with Gasteiger partial charge in [-0.1, -0.05) is 12.1 Å². The number of nitrogens with zero attached hydrogens (tertiary/aromatic N) is 3. The molecule has 0 radical (unpaired) electrons. The molecule has 0 amide bonds. The number of Topliss-reactive ketones (excluding diaryl/α,β-unsaturated/α-hetero) is 1. The number of ether oxygens (including phenoxy) is 1. The van der Waals surface area contributed by atoms with Crippen molar-refractivity contribution in [3.05, 3.63) is 63.9 Å². The van der Waals surface area contributed by atoms with Gasteiger partial charge in [0.2, 0.25) is 0 Å². The molecule has 8 nitrogen and oxygen atoms in total. The van der Waals surface area contributed by atoms with Crippen LogP contribution in [0.15, 0.2) is 47.3 Å². The molecule has 0 unspecified atom stereocenters. The Morgan fingerprint density at radius 2 is 1.86 bits per heavy atom. The fourth-order valence-electron chi connectivity index (χ4n) is 4.70. The second-order valence-corrected chi connectivity index (χ2v) is 8.85. The van der Waals surface area contributed by atoms with Crippen LogP contribution in [0.25, 0.3) is 10.9 Å². The lowest BCUT2D eigenvalue weighted by Gasteiger charge is -2.20. The summed E-state index contributed by atoms with van der Waals surface area (Å²) in [5, 5.41) is 17.3. The third-order valence-electron chi connectivity index (χ3n) is 6.48. The summed E-state index contributed by atoms with van der Waals surface area (Å²) in [4.78, 5) is 38.2. The van der Waals surface area contributed by atoms with Crippen molar-refractivity contribution in [2.45, 2.75) is 38.9 Å². The third kappa shape index (κ3) is 5.09. The third-order valence-corrected chi connectivity index (χ3v) is 6.48. The average Bonchev–Trinajstić information content (AvgIpc) is 3.27. The smallest absolute Gasteiger partial charge is 0.416 e. The lowest BCUT2D eigenvalue weighted by Crippen LogP contribution is -2.34. The number of benzene rings is 2. The van der Waals surface area contributed by atoms with E-state index in [9.17, 15) is 32.7 Å². The Kier molecular flexibility index (Phi) is 7.09. The summed E-state index contributed by atoms with van der Waals surface area (Å²) in [7, 11) is 0. The maximum Gasteiger partial charge on any atom is 0.416 e. The molecule has 11 heteroatoms. The molecule has 36 heavy (non-hydrogen) atoms. The molecule has 2 aromatic carbocycles. The maximum absolute atomic E-state index is 13.2. The van der Waals surface area contributed by atoms with Crippen molar-refractivity contribution in [3.63, 3.8) is 0 Å². The standard InChI is InChI=1S/C25H24F3N3O5/c1-2-11-36-17-7-3-14(4-8-17)22(32)18-9-5-15(21(18)24(34)35)13-31-23(33)19-12-16(25(26,27)28)6-10-20(19)29-30-31/h3-4,6-8,10,12,15,18,21H,2,5,9,11,13H2,1H3,(H,34,35)/t15-,18-,21-/m0/s1. The molecule has 1 aliphatic rings. The molecule has 3 aromatic rings. The molecule has 1 aliphatic carbocycles. The van der Waals surface area contributed by atoms with Crippen LogP contribution in [-0.4, -0.2) is 38.5 Å². The van der Waals surface area contributed by atoms with Crippen LogP contribution < -0.4 is 10.3 Å². The van der Waals surface area contributed by atoms with Crippen molar-refractivity contribution in [3.8, 4) is 5.75 Å². The Morgan fingerprint density at radius 1 is 1.14 bits per heavy atom. The number of ketones is 1. The molecule has 1 N–H and O–H groups in total. The van der Waals surface area contributed by atoms with E-state index < -0.39 is 41.0 Å². The van der Waals surface area contributed by atoms with Crippen LogP contribution >= 0.6 is 0 Å². The van der Waals surface area contributed by atoms with Gasteiger partial charge in [-0.3, -0.25) is 14.4 Å². The van der Waals surface area contributed by atoms with Gasteiger partial charge in [0.1, 0.15) is 11.3 Å². The summed E-state index contributed by atoms with van der Waals surface area (Å²) in [6.07, 6.45) is -3.18. The number of carbonyl (C=O) groups is 2. The molecular formula is C25H24F3N3O5. The number of carboxylic acid groups (broad SMARTS) is 1. The highest BCUT2D eigenvalue weighted by atomic mass is 19.4. The Labute approximate surface area is 203 Å². The van der Waals surface area contributed by atoms with Crippen molar-refractivity contribution >= 4 is 22.7 Å². The summed E-state index contributed by atoms with van der Waals surface area (Å²) in [5.74, 6) is -3.41. The van der Waals surface area contributed by atoms with Crippen LogP contribution in [0.5, 0.6) is 5.75 Å². The lowest BCUT2D eigenvalue weighted by atomic mass is 9.84. The first kappa shape index (κ1) is 25.3. The number of carboxylic acids is 1. The first-order valence-electron chi connectivity index (χ1n) is 11.5. The highest BCUT2D eigenvalue weighted by Gasteiger charge is 2.45. The SMILES string of the molecule is CCCOc1ccc(C(=O)[C@H]2CC[C@@H](Cn3nnc4ccc(C(F)(F)F)cc4c3=O)[C@@H]2C(=O)O)cc1. The van der Waals surface area contributed by atoms with Gasteiger partial charge >= 0.3 is 12.1 Å². The largest absolute Gasteiger partial charge is 0.494 e. The zero-order valence-corrected chi connectivity index (χ0v) is 19.4. The Balaban J connectivity index is 1.57. The molecule has 0 bridgehead atoms. The minimum absolute atomic E-state index is 0.00451. The van der Waals surface area contributed by atoms with Gasteiger partial charge in [-0.05, 0) is 67.6 Å². The van der Waals surface area contributed by atoms with E-state index in [0.717, 1.165) is 23.2 Å². The van der Waals surface area contributed by atoms with Gasteiger partial charge in [-0.15, -0.1) is 5.10 Å². The first-order valence-corrected chi connectivity index (χ1v) is 11.5. The topological polar surface area (TPSA) is 111 Å². The van der Waals surface area contributed by atoms with E-state index in [2.05, 4.69) is 10.3 Å². The van der Waals surface area contributed by atoms with Crippen LogP contribution in [0.3, 0.4) is 0 Å². The van der Waals surface area contributed by atoms with Crippen LogP contribution in [0.1, 0.15) is 42.1 Å². The molecule has 1 heterocycles. The molecule has 3 atom stereocenters. The van der Waals surface area contributed by atoms with Crippen LogP contribution in [0.2, 0.25) is 0 Å². The number of aromatic nitrogens is 3. The molecule has 0 spiro atoms. The van der Waals surface area contributed by atoms with Crippen LogP contribution in [0, 0.1) is 17.8 Å². The van der Waals surface area contributed by atoms with E-state index in [4.69, 9.17) is 4.74 Å². The molecule has 0 aliphatic heterocycles. The fraction of sp³-hybridized carbons (Fsp3) is 0.400. The van der Waals surface area contributed by atoms with Gasteiger partial charge in [0.05, 0.1) is 30.0 Å². The van der Waals surface area contributed by atoms with Gasteiger partial charge in [0.15, 0.2) is 5.78 Å². The number of alkyl halides is 3. The lowest BCUT2D eigenvalue weighted by molar-refractivity contribution is -0.144. The van der Waals surface area contributed by atoms with Crippen molar-refractivity contribution in [1.82, 2.24) is 15.0 Å². The Hall–Kier alpha value is -3.76. The number of hydrogen-bond donors (Lipinski definition) is 1. The number of fused-ring (bicyclic) bond motifs is 1. The van der Waals surface area contributed by atoms with Crippen LogP contribution in [-0.2, 0) is 17.5 Å². The van der Waals surface area contributed by atoms with Crippen molar-refractivity contribution in [2.24, 2.45) is 17.8 Å². The van der Waals surface area contributed by atoms with Gasteiger partial charge in [0.25, 0.3) is 5.56 Å². The van der Waals surface area contributed by atoms with Gasteiger partial charge < -0.3 is 9.84 Å². The second kappa shape index (κ2) is 10.1. The second-order valence-electron chi connectivity index (χ2n) is 8.85. The van der Waals surface area contributed by atoms with E-state index in [-0.39, 0.29) is 23.2 Å². The normalized spacial score (nSPS) is 19.9. The van der Waals surface area contributed by atoms with Crippen molar-refractivity contribution in [1.29, 1.82) is 0 Å². The Bertz CT molecular complexity index is 1340. The summed E-state index contributed by atoms with van der Waals surface area (Å²) < 4.78 is 45.7. The number of halogens is 3. The predicted molar refractivity (Wildman–Crippen MR) is 123 cm³/mol. The van der Waals surface area contributed by atoms with E-state index in [1.165, 1.54) is 0 Å². The zero-order valence-electron chi connectivity index (χ0n) is 19.4. The number of carbonyl (C=O) groups excluding carboxylic acids is 1. The first-order chi connectivity index (χ1) is 17.1. The highest BCUT2D eigenvalue weighted by molar-refractivity contribution is 6.00. The summed E-state index contributed by atoms with van der Waals surface area (Å²) in [6, 6.07) is 9.10. The van der Waals surface area contributed by atoms with Crippen molar-refractivity contribution < 1.29 is 32.6 Å². The van der Waals surface area contributed by atoms with E-state index in [1.807, 2.05) is 6.92 Å². The number of rotatable bonds is 8. The molecule has 190 valence electrons. The van der Waals surface area contributed by atoms with E-state index in [0.29, 0.717) is 36.8 Å². The molecule has 1 aromatic heterocycles. The molecule has 0 saturated heterocycles. The molecule has 4 rings (SSSR count). The van der Waals surface area contributed by atoms with Gasteiger partial charge in [-0.25, -0.2) is 4.68 Å². The fourth-order valence-corrected chi connectivity index (χ4v) is 4.70. The molecule has 1 fully saturated rings. The summed E-state index contributed by atoms with van der Waals surface area (Å²) in [5.41, 5.74) is -1.43. The predicted octanol–water partition coefficient (Wildman–Crippen LogP) is 4.21. The summed E-state index contributed by atoms with van der Waals surface area (Å²) >= 11 is 0. The number of hydrogen-bond acceptors (Lipinski definition) is 6. The zero-order chi connectivity index (χ0) is 26.0. The summed E-state index contributed by atoms with van der Waals surface area (Å²) in [6.45, 7) is 2.33. The molecular weight excluding hydrogens is 479 g/mol. The van der Waals surface area contributed by atoms with Crippen LogP contribution in [0.4, 0.5) is 13.2 Å². The van der Waals surface area contributed by atoms with E-state index in [1.54, 1.807) is 24.3 Å². The average molecular weight is 503 g/mol. The highest BCUT2D eigenvalue weighted by Crippen LogP contribution is 2.40. The quantitative estimate of drug-likeness (QED) is 0.459. The molecule has 1 saturated carbocycles. The maximum atomic E-state index is 13.2. The minimum Gasteiger partial charge on any atom is -0.494 e. The van der Waals surface area contributed by atoms with Crippen molar-refractivity contribution in [2.75, 3.05) is 6.61 Å². The van der Waals surface area contributed by atoms with Gasteiger partial charge in [0, 0.05) is 11.5 Å². The number of aliphatic carboxylic acids is 1. The Morgan fingerprint density at radius 3 is 2.50 bits per heavy atom. The monoisotopic (exact) mass is 503 g/mol.